The van der Waals surface area contributed by atoms with E-state index in [1.807, 2.05) is 66.9 Å². The van der Waals surface area contributed by atoms with Crippen LogP contribution in [-0.2, 0) is 4.79 Å². The molecule has 1 aromatic heterocycles. The van der Waals surface area contributed by atoms with Crippen LogP contribution in [0, 0.1) is 6.92 Å². The summed E-state index contributed by atoms with van der Waals surface area (Å²) in [5.74, 6) is 0.192. The quantitative estimate of drug-likeness (QED) is 0.645. The van der Waals surface area contributed by atoms with Crippen molar-refractivity contribution in [1.29, 1.82) is 0 Å². The number of nitrogens with one attached hydrogen (secondary N) is 1. The fourth-order valence-electron chi connectivity index (χ4n) is 2.59. The fraction of sp³-hybridized carbons (Fsp3) is 0.211. The molecule has 0 saturated carbocycles. The lowest BCUT2D eigenvalue weighted by atomic mass is 10.1. The lowest BCUT2D eigenvalue weighted by Gasteiger charge is -2.14. The molecule has 0 unspecified atom stereocenters. The van der Waals surface area contributed by atoms with Crippen molar-refractivity contribution in [1.82, 2.24) is 20.1 Å². The number of aromatic nitrogens is 3. The van der Waals surface area contributed by atoms with E-state index in [9.17, 15) is 4.79 Å². The first-order valence-corrected chi connectivity index (χ1v) is 9.54. The van der Waals surface area contributed by atoms with Gasteiger partial charge in [-0.1, -0.05) is 53.7 Å². The number of hydrogen-bond donors (Lipinski definition) is 1. The van der Waals surface area contributed by atoms with Crippen LogP contribution >= 0.6 is 23.4 Å². The van der Waals surface area contributed by atoms with Crippen LogP contribution in [0.25, 0.3) is 5.69 Å². The molecule has 1 heterocycles. The number of thioether (sulfide) groups is 1. The van der Waals surface area contributed by atoms with Crippen molar-refractivity contribution in [3.05, 3.63) is 71.0 Å². The molecule has 1 atom stereocenters. The number of para-hydroxylation sites is 1. The molecule has 7 heteroatoms. The molecular formula is C19H19ClN4OS. The van der Waals surface area contributed by atoms with Crippen LogP contribution in [0.1, 0.15) is 24.1 Å². The number of nitrogens with zero attached hydrogens (tertiary/aromatic N) is 3. The first kappa shape index (κ1) is 18.5. The Balaban J connectivity index is 1.62. The predicted molar refractivity (Wildman–Crippen MR) is 105 cm³/mol. The maximum atomic E-state index is 12.3. The largest absolute Gasteiger partial charge is 0.349 e. The Morgan fingerprint density at radius 2 is 2.08 bits per heavy atom. The van der Waals surface area contributed by atoms with E-state index in [0.717, 1.165) is 16.8 Å². The molecular weight excluding hydrogens is 368 g/mol. The number of carbonyl (C=O) groups excluding carboxylic acids is 1. The summed E-state index contributed by atoms with van der Waals surface area (Å²) in [4.78, 5) is 12.3. The third kappa shape index (κ3) is 4.45. The van der Waals surface area contributed by atoms with Gasteiger partial charge >= 0.3 is 0 Å². The molecule has 3 rings (SSSR count). The second-order valence-corrected chi connectivity index (χ2v) is 7.28. The van der Waals surface area contributed by atoms with Gasteiger partial charge in [0.25, 0.3) is 0 Å². The number of rotatable bonds is 6. The monoisotopic (exact) mass is 386 g/mol. The van der Waals surface area contributed by atoms with Gasteiger partial charge in [-0.2, -0.15) is 0 Å². The molecule has 0 radical (unpaired) electrons. The molecule has 0 spiro atoms. The first-order valence-electron chi connectivity index (χ1n) is 8.18. The van der Waals surface area contributed by atoms with Crippen molar-refractivity contribution in [3.8, 4) is 5.69 Å². The van der Waals surface area contributed by atoms with Crippen LogP contribution in [0.2, 0.25) is 5.02 Å². The zero-order valence-corrected chi connectivity index (χ0v) is 16.1. The molecule has 1 N–H and O–H groups in total. The molecule has 0 aliphatic rings. The first-order chi connectivity index (χ1) is 12.5. The summed E-state index contributed by atoms with van der Waals surface area (Å²) in [5.41, 5.74) is 3.10. The highest BCUT2D eigenvalue weighted by Crippen LogP contribution is 2.22. The Labute approximate surface area is 161 Å². The summed E-state index contributed by atoms with van der Waals surface area (Å²) in [6, 6.07) is 15.4. The summed E-state index contributed by atoms with van der Waals surface area (Å²) in [7, 11) is 0. The van der Waals surface area contributed by atoms with Gasteiger partial charge in [-0.3, -0.25) is 9.36 Å². The topological polar surface area (TPSA) is 59.8 Å². The maximum absolute atomic E-state index is 12.3. The Bertz CT molecular complexity index is 912. The molecule has 0 aliphatic carbocycles. The van der Waals surface area contributed by atoms with Crippen LogP contribution in [0.4, 0.5) is 0 Å². The highest BCUT2D eigenvalue weighted by molar-refractivity contribution is 7.99. The summed E-state index contributed by atoms with van der Waals surface area (Å²) < 4.78 is 1.90. The van der Waals surface area contributed by atoms with E-state index >= 15 is 0 Å². The van der Waals surface area contributed by atoms with E-state index < -0.39 is 0 Å². The highest BCUT2D eigenvalue weighted by Gasteiger charge is 2.14. The third-order valence-electron chi connectivity index (χ3n) is 3.95. The molecule has 26 heavy (non-hydrogen) atoms. The number of hydrogen-bond acceptors (Lipinski definition) is 4. The van der Waals surface area contributed by atoms with Crippen molar-refractivity contribution in [2.45, 2.75) is 25.0 Å². The number of amides is 1. The second kappa shape index (κ2) is 8.38. The Kier molecular flexibility index (Phi) is 5.96. The predicted octanol–water partition coefficient (Wildman–Crippen LogP) is 4.20. The number of carbonyl (C=O) groups is 1. The fourth-order valence-corrected chi connectivity index (χ4v) is 3.53. The minimum atomic E-state index is -0.115. The number of aryl methyl sites for hydroxylation is 1. The number of halogens is 1. The normalized spacial score (nSPS) is 12.0. The van der Waals surface area contributed by atoms with Gasteiger partial charge in [-0.15, -0.1) is 10.2 Å². The summed E-state index contributed by atoms with van der Waals surface area (Å²) >= 11 is 7.36. The van der Waals surface area contributed by atoms with E-state index in [1.54, 1.807) is 6.33 Å². The van der Waals surface area contributed by atoms with Crippen LogP contribution < -0.4 is 5.32 Å². The highest BCUT2D eigenvalue weighted by atomic mass is 35.5. The second-order valence-electron chi connectivity index (χ2n) is 5.90. The summed E-state index contributed by atoms with van der Waals surface area (Å²) in [6.45, 7) is 3.97. The summed E-state index contributed by atoms with van der Waals surface area (Å²) in [5, 5.41) is 12.4. The molecule has 0 fully saturated rings. The SMILES string of the molecule is Cc1ccccc1-n1cnnc1SCC(=O)N[C@@H](C)c1cccc(Cl)c1. The lowest BCUT2D eigenvalue weighted by molar-refractivity contribution is -0.119. The van der Waals surface area contributed by atoms with E-state index in [0.29, 0.717) is 10.2 Å². The molecule has 2 aromatic carbocycles. The van der Waals surface area contributed by atoms with Crippen molar-refractivity contribution >= 4 is 29.3 Å². The Hall–Kier alpha value is -2.31. The standard InChI is InChI=1S/C19H19ClN4OS/c1-13-6-3-4-9-17(13)24-12-21-23-19(24)26-11-18(25)22-14(2)15-7-5-8-16(20)10-15/h3-10,12,14H,11H2,1-2H3,(H,22,25)/t14-/m0/s1. The van der Waals surface area contributed by atoms with Crippen LogP contribution in [-0.4, -0.2) is 26.4 Å². The van der Waals surface area contributed by atoms with Gasteiger partial charge in [0.2, 0.25) is 5.91 Å². The van der Waals surface area contributed by atoms with Crippen LogP contribution in [0.5, 0.6) is 0 Å². The van der Waals surface area contributed by atoms with Gasteiger partial charge in [0.05, 0.1) is 17.5 Å². The molecule has 0 bridgehead atoms. The van der Waals surface area contributed by atoms with Gasteiger partial charge < -0.3 is 5.32 Å². The van der Waals surface area contributed by atoms with Gasteiger partial charge in [-0.05, 0) is 43.2 Å². The molecule has 0 saturated heterocycles. The van der Waals surface area contributed by atoms with E-state index in [4.69, 9.17) is 11.6 Å². The molecule has 134 valence electrons. The molecule has 1 amide bonds. The Morgan fingerprint density at radius 1 is 1.27 bits per heavy atom. The lowest BCUT2D eigenvalue weighted by Crippen LogP contribution is -2.28. The average molecular weight is 387 g/mol. The van der Waals surface area contributed by atoms with Crippen molar-refractivity contribution in [2.75, 3.05) is 5.75 Å². The third-order valence-corrected chi connectivity index (χ3v) is 5.13. The van der Waals surface area contributed by atoms with E-state index in [1.165, 1.54) is 11.8 Å². The van der Waals surface area contributed by atoms with Crippen molar-refractivity contribution in [2.24, 2.45) is 0 Å². The molecule has 5 nitrogen and oxygen atoms in total. The van der Waals surface area contributed by atoms with Crippen molar-refractivity contribution in [3.63, 3.8) is 0 Å². The molecule has 0 aliphatic heterocycles. The Morgan fingerprint density at radius 3 is 2.85 bits per heavy atom. The van der Waals surface area contributed by atoms with Crippen LogP contribution in [0.3, 0.4) is 0 Å². The minimum absolute atomic E-state index is 0.0678. The zero-order valence-electron chi connectivity index (χ0n) is 14.5. The van der Waals surface area contributed by atoms with Gasteiger partial charge in [0, 0.05) is 5.02 Å². The van der Waals surface area contributed by atoms with Gasteiger partial charge in [0.15, 0.2) is 5.16 Å². The van der Waals surface area contributed by atoms with Crippen molar-refractivity contribution < 1.29 is 4.79 Å². The number of benzene rings is 2. The maximum Gasteiger partial charge on any atom is 0.230 e. The smallest absolute Gasteiger partial charge is 0.230 e. The minimum Gasteiger partial charge on any atom is -0.349 e. The van der Waals surface area contributed by atoms with Gasteiger partial charge in [-0.25, -0.2) is 0 Å². The summed E-state index contributed by atoms with van der Waals surface area (Å²) in [6.07, 6.45) is 1.66. The average Bonchev–Trinajstić information content (AvgIpc) is 3.08. The zero-order chi connectivity index (χ0) is 18.5. The van der Waals surface area contributed by atoms with Gasteiger partial charge in [0.1, 0.15) is 6.33 Å². The van der Waals surface area contributed by atoms with E-state index in [2.05, 4.69) is 15.5 Å². The molecule has 3 aromatic rings. The van der Waals surface area contributed by atoms with Crippen LogP contribution in [0.15, 0.2) is 60.0 Å². The van der Waals surface area contributed by atoms with E-state index in [-0.39, 0.29) is 17.7 Å².